The number of fused-ring (bicyclic) bond motifs is 1. The molecule has 3 aromatic carbocycles. The number of hydrogen-bond donors (Lipinski definition) is 1. The van der Waals surface area contributed by atoms with Crippen molar-refractivity contribution in [3.8, 4) is 29.9 Å². The summed E-state index contributed by atoms with van der Waals surface area (Å²) < 4.78 is 10.9. The van der Waals surface area contributed by atoms with Crippen LogP contribution < -0.4 is 14.8 Å². The van der Waals surface area contributed by atoms with Crippen molar-refractivity contribution in [2.75, 3.05) is 19.0 Å². The fourth-order valence-corrected chi connectivity index (χ4v) is 3.10. The molecule has 0 heterocycles. The Morgan fingerprint density at radius 2 is 1.97 bits per heavy atom. The summed E-state index contributed by atoms with van der Waals surface area (Å²) in [7, 11) is 1.48. The van der Waals surface area contributed by atoms with Crippen LogP contribution in [-0.4, -0.2) is 19.6 Å². The van der Waals surface area contributed by atoms with Gasteiger partial charge in [-0.2, -0.15) is 5.26 Å². The normalized spacial score (nSPS) is 10.7. The number of hydrogen-bond acceptors (Lipinski definition) is 4. The number of nitrogens with one attached hydrogen (secondary N) is 1. The Morgan fingerprint density at radius 1 is 1.20 bits per heavy atom. The third kappa shape index (κ3) is 4.55. The summed E-state index contributed by atoms with van der Waals surface area (Å²) in [6, 6.07) is 18.0. The molecule has 0 aliphatic carbocycles. The molecule has 0 fully saturated rings. The van der Waals surface area contributed by atoms with Gasteiger partial charge in [-0.05, 0) is 41.1 Å². The summed E-state index contributed by atoms with van der Waals surface area (Å²) in [6.07, 6.45) is 6.80. The Hall–Kier alpha value is -3.93. The molecular weight excluding hydrogens is 400 g/mol. The van der Waals surface area contributed by atoms with Crippen LogP contribution in [0.15, 0.2) is 60.2 Å². The Labute approximate surface area is 179 Å². The zero-order chi connectivity index (χ0) is 21.5. The second-order valence-electron chi connectivity index (χ2n) is 6.16. The van der Waals surface area contributed by atoms with Gasteiger partial charge in [-0.1, -0.05) is 47.9 Å². The lowest BCUT2D eigenvalue weighted by molar-refractivity contribution is -0.112. The van der Waals surface area contributed by atoms with Crippen molar-refractivity contribution in [2.24, 2.45) is 0 Å². The zero-order valence-electron chi connectivity index (χ0n) is 16.1. The molecule has 3 rings (SSSR count). The van der Waals surface area contributed by atoms with E-state index in [1.54, 1.807) is 24.3 Å². The third-order valence-electron chi connectivity index (χ3n) is 4.31. The lowest BCUT2D eigenvalue weighted by Crippen LogP contribution is -2.14. The van der Waals surface area contributed by atoms with Gasteiger partial charge < -0.3 is 14.8 Å². The molecule has 0 aliphatic heterocycles. The average Bonchev–Trinajstić information content (AvgIpc) is 2.76. The molecule has 0 unspecified atom stereocenters. The number of benzene rings is 3. The number of terminal acetylenes is 1. The summed E-state index contributed by atoms with van der Waals surface area (Å²) in [6.45, 7) is 0.0625. The van der Waals surface area contributed by atoms with Crippen molar-refractivity contribution in [1.82, 2.24) is 0 Å². The fourth-order valence-electron chi connectivity index (χ4n) is 2.93. The van der Waals surface area contributed by atoms with Crippen LogP contribution in [0, 0.1) is 23.7 Å². The number of carbonyl (C=O) groups is 1. The number of methoxy groups -OCH3 is 1. The Balaban J connectivity index is 2.05. The summed E-state index contributed by atoms with van der Waals surface area (Å²) in [5.41, 5.74) is 0.838. The minimum atomic E-state index is -0.603. The fraction of sp³-hybridized carbons (Fsp3) is 0.0833. The van der Waals surface area contributed by atoms with Crippen LogP contribution in [0.3, 0.4) is 0 Å². The number of ether oxygens (including phenoxy) is 2. The first-order chi connectivity index (χ1) is 14.6. The second-order valence-corrected chi connectivity index (χ2v) is 6.60. The molecule has 1 amide bonds. The van der Waals surface area contributed by atoms with Crippen molar-refractivity contribution in [3.63, 3.8) is 0 Å². The molecular formula is C24H17ClN2O3. The Bertz CT molecular complexity index is 1220. The predicted octanol–water partition coefficient (Wildman–Crippen LogP) is 5.06. The monoisotopic (exact) mass is 416 g/mol. The Kier molecular flexibility index (Phi) is 6.60. The van der Waals surface area contributed by atoms with Gasteiger partial charge in [0, 0.05) is 10.6 Å². The maximum Gasteiger partial charge on any atom is 0.266 e. The Morgan fingerprint density at radius 3 is 2.70 bits per heavy atom. The predicted molar refractivity (Wildman–Crippen MR) is 118 cm³/mol. The van der Waals surface area contributed by atoms with Crippen molar-refractivity contribution in [3.05, 3.63) is 70.8 Å². The van der Waals surface area contributed by atoms with Crippen molar-refractivity contribution in [2.45, 2.75) is 0 Å². The summed E-state index contributed by atoms with van der Waals surface area (Å²) in [5.74, 6) is 2.72. The molecule has 3 aromatic rings. The molecule has 0 bridgehead atoms. The van der Waals surface area contributed by atoms with E-state index in [4.69, 9.17) is 27.5 Å². The van der Waals surface area contributed by atoms with Crippen molar-refractivity contribution >= 4 is 40.0 Å². The van der Waals surface area contributed by atoms with E-state index in [-0.39, 0.29) is 12.2 Å². The average molecular weight is 417 g/mol. The quantitative estimate of drug-likeness (QED) is 0.346. The molecule has 1 N–H and O–H groups in total. The second kappa shape index (κ2) is 9.52. The highest BCUT2D eigenvalue weighted by Gasteiger charge is 2.15. The molecule has 5 nitrogen and oxygen atoms in total. The molecule has 0 saturated heterocycles. The van der Waals surface area contributed by atoms with Crippen LogP contribution in [-0.2, 0) is 4.79 Å². The van der Waals surface area contributed by atoms with Crippen LogP contribution in [0.2, 0.25) is 5.02 Å². The maximum atomic E-state index is 12.8. The van der Waals surface area contributed by atoms with Gasteiger partial charge in [0.2, 0.25) is 0 Å². The van der Waals surface area contributed by atoms with E-state index in [1.165, 1.54) is 13.2 Å². The highest BCUT2D eigenvalue weighted by molar-refractivity contribution is 6.31. The van der Waals surface area contributed by atoms with Crippen LogP contribution in [0.5, 0.6) is 11.5 Å². The SMILES string of the molecule is C#CCOc1ccc2ccccc2c1/C=C(\C#N)C(=O)Nc1cc(Cl)ccc1OC. The number of carbonyl (C=O) groups excluding carboxylic acids is 1. The van der Waals surface area contributed by atoms with Gasteiger partial charge in [-0.25, -0.2) is 0 Å². The topological polar surface area (TPSA) is 71.3 Å². The minimum absolute atomic E-state index is 0.0625. The van der Waals surface area contributed by atoms with Gasteiger partial charge in [-0.15, -0.1) is 6.42 Å². The first-order valence-electron chi connectivity index (χ1n) is 8.92. The molecule has 0 spiro atoms. The molecule has 30 heavy (non-hydrogen) atoms. The number of anilines is 1. The standard InChI is InChI=1S/C24H17ClN2O3/c1-3-12-30-22-10-8-16-6-4-5-7-19(16)20(22)13-17(15-26)24(28)27-21-14-18(25)9-11-23(21)29-2/h1,4-11,13-14H,12H2,2H3,(H,27,28)/b17-13+. The van der Waals surface area contributed by atoms with E-state index in [9.17, 15) is 10.1 Å². The van der Waals surface area contributed by atoms with Crippen LogP contribution >= 0.6 is 11.6 Å². The van der Waals surface area contributed by atoms with E-state index >= 15 is 0 Å². The lowest BCUT2D eigenvalue weighted by atomic mass is 10.0. The number of halogens is 1. The summed E-state index contributed by atoms with van der Waals surface area (Å²) >= 11 is 6.02. The van der Waals surface area contributed by atoms with Crippen LogP contribution in [0.1, 0.15) is 5.56 Å². The largest absolute Gasteiger partial charge is 0.495 e. The van der Waals surface area contributed by atoms with E-state index in [2.05, 4.69) is 11.2 Å². The lowest BCUT2D eigenvalue weighted by Gasteiger charge is -2.12. The van der Waals surface area contributed by atoms with Gasteiger partial charge in [0.25, 0.3) is 5.91 Å². The smallest absolute Gasteiger partial charge is 0.266 e. The van der Waals surface area contributed by atoms with Gasteiger partial charge in [0.05, 0.1) is 12.8 Å². The number of rotatable bonds is 6. The first-order valence-corrected chi connectivity index (χ1v) is 9.30. The summed E-state index contributed by atoms with van der Waals surface area (Å²) in [5, 5.41) is 14.5. The number of nitriles is 1. The molecule has 0 atom stereocenters. The van der Waals surface area contributed by atoms with E-state index in [0.29, 0.717) is 27.8 Å². The number of amides is 1. The molecule has 0 aromatic heterocycles. The van der Waals surface area contributed by atoms with E-state index < -0.39 is 5.91 Å². The van der Waals surface area contributed by atoms with Crippen molar-refractivity contribution in [1.29, 1.82) is 5.26 Å². The first kappa shape index (κ1) is 20.8. The third-order valence-corrected chi connectivity index (χ3v) is 4.54. The van der Waals surface area contributed by atoms with E-state index in [0.717, 1.165) is 10.8 Å². The van der Waals surface area contributed by atoms with E-state index in [1.807, 2.05) is 36.4 Å². The highest BCUT2D eigenvalue weighted by atomic mass is 35.5. The molecule has 148 valence electrons. The van der Waals surface area contributed by atoms with Crippen LogP contribution in [0.25, 0.3) is 16.8 Å². The van der Waals surface area contributed by atoms with Crippen molar-refractivity contribution < 1.29 is 14.3 Å². The van der Waals surface area contributed by atoms with Crippen LogP contribution in [0.4, 0.5) is 5.69 Å². The van der Waals surface area contributed by atoms with Gasteiger partial charge in [0.15, 0.2) is 0 Å². The molecule has 0 saturated carbocycles. The van der Waals surface area contributed by atoms with Gasteiger partial charge in [0.1, 0.15) is 29.7 Å². The minimum Gasteiger partial charge on any atom is -0.495 e. The zero-order valence-corrected chi connectivity index (χ0v) is 16.9. The molecule has 0 aliphatic rings. The maximum absolute atomic E-state index is 12.8. The van der Waals surface area contributed by atoms with Gasteiger partial charge >= 0.3 is 0 Å². The molecule has 6 heteroatoms. The highest BCUT2D eigenvalue weighted by Crippen LogP contribution is 2.31. The van der Waals surface area contributed by atoms with Gasteiger partial charge in [-0.3, -0.25) is 4.79 Å². The number of nitrogens with zero attached hydrogens (tertiary/aromatic N) is 1. The molecule has 0 radical (unpaired) electrons. The summed E-state index contributed by atoms with van der Waals surface area (Å²) in [4.78, 5) is 12.8.